The molecule has 0 radical (unpaired) electrons. The number of hydrogen-bond acceptors (Lipinski definition) is 5. The number of fused-ring (bicyclic) bond motifs is 1. The molecule has 0 saturated carbocycles. The quantitative estimate of drug-likeness (QED) is 0.803. The molecule has 2 aromatic heterocycles. The van der Waals surface area contributed by atoms with Crippen molar-refractivity contribution in [2.45, 2.75) is 32.1 Å². The summed E-state index contributed by atoms with van der Waals surface area (Å²) in [7, 11) is 0. The van der Waals surface area contributed by atoms with Gasteiger partial charge in [0.2, 0.25) is 11.7 Å². The molecule has 0 bridgehead atoms. The lowest BCUT2D eigenvalue weighted by Crippen LogP contribution is -2.06. The molecular weight excluding hydrogens is 290 g/mol. The van der Waals surface area contributed by atoms with Crippen molar-refractivity contribution in [3.8, 4) is 17.3 Å². The maximum Gasteiger partial charge on any atom is 0.231 e. The zero-order valence-corrected chi connectivity index (χ0v) is 12.7. The summed E-state index contributed by atoms with van der Waals surface area (Å²) in [4.78, 5) is 8.98. The Labute approximate surface area is 134 Å². The molecule has 0 atom stereocenters. The highest BCUT2D eigenvalue weighted by Crippen LogP contribution is 2.28. The third-order valence-corrected chi connectivity index (χ3v) is 4.25. The Balaban J connectivity index is 1.62. The SMILES string of the molecule is Oc1ccc(Cc2nc(-c3nccc4c3CCCC4)no2)cc1. The molecule has 0 amide bonds. The van der Waals surface area contributed by atoms with E-state index < -0.39 is 0 Å². The van der Waals surface area contributed by atoms with Gasteiger partial charge in [-0.15, -0.1) is 0 Å². The van der Waals surface area contributed by atoms with Crippen molar-refractivity contribution < 1.29 is 9.63 Å². The van der Waals surface area contributed by atoms with Gasteiger partial charge in [0, 0.05) is 6.20 Å². The summed E-state index contributed by atoms with van der Waals surface area (Å²) in [5.74, 6) is 1.37. The van der Waals surface area contributed by atoms with E-state index in [-0.39, 0.29) is 5.75 Å². The van der Waals surface area contributed by atoms with Crippen LogP contribution >= 0.6 is 0 Å². The molecule has 116 valence electrons. The molecule has 1 aliphatic rings. The van der Waals surface area contributed by atoms with Crippen LogP contribution < -0.4 is 0 Å². The predicted octanol–water partition coefficient (Wildman–Crippen LogP) is 3.31. The normalized spacial score (nSPS) is 13.7. The number of phenolic OH excluding ortho intramolecular Hbond substituents is 1. The Morgan fingerprint density at radius 3 is 2.74 bits per heavy atom. The molecule has 0 spiro atoms. The van der Waals surface area contributed by atoms with Crippen LogP contribution in [0.4, 0.5) is 0 Å². The molecule has 23 heavy (non-hydrogen) atoms. The van der Waals surface area contributed by atoms with Crippen molar-refractivity contribution in [3.05, 3.63) is 59.1 Å². The summed E-state index contributed by atoms with van der Waals surface area (Å²) in [6.07, 6.45) is 6.92. The monoisotopic (exact) mass is 307 g/mol. The van der Waals surface area contributed by atoms with E-state index in [9.17, 15) is 5.11 Å². The molecule has 0 unspecified atom stereocenters. The number of phenols is 1. The maximum atomic E-state index is 9.33. The van der Waals surface area contributed by atoms with Gasteiger partial charge in [-0.1, -0.05) is 17.3 Å². The molecule has 5 heteroatoms. The zero-order chi connectivity index (χ0) is 15.6. The van der Waals surface area contributed by atoms with Crippen LogP contribution in [0, 0.1) is 0 Å². The van der Waals surface area contributed by atoms with Crippen LogP contribution in [-0.4, -0.2) is 20.2 Å². The molecule has 2 heterocycles. The van der Waals surface area contributed by atoms with Gasteiger partial charge in [-0.05, 0) is 60.6 Å². The predicted molar refractivity (Wildman–Crippen MR) is 85.1 cm³/mol. The molecule has 1 N–H and O–H groups in total. The van der Waals surface area contributed by atoms with Crippen LogP contribution in [0.15, 0.2) is 41.1 Å². The highest BCUT2D eigenvalue weighted by molar-refractivity contribution is 5.57. The third-order valence-electron chi connectivity index (χ3n) is 4.25. The van der Waals surface area contributed by atoms with Crippen molar-refractivity contribution in [2.75, 3.05) is 0 Å². The average Bonchev–Trinajstić information content (AvgIpc) is 3.05. The molecular formula is C18H17N3O2. The Morgan fingerprint density at radius 2 is 1.87 bits per heavy atom. The van der Waals surface area contributed by atoms with E-state index in [2.05, 4.69) is 21.2 Å². The molecule has 0 aliphatic heterocycles. The van der Waals surface area contributed by atoms with Crippen LogP contribution in [0.5, 0.6) is 5.75 Å². The first-order valence-electron chi connectivity index (χ1n) is 7.87. The number of aromatic nitrogens is 3. The van der Waals surface area contributed by atoms with Crippen LogP contribution in [0.2, 0.25) is 0 Å². The Kier molecular flexibility index (Phi) is 3.54. The number of nitrogens with zero attached hydrogens (tertiary/aromatic N) is 3. The van der Waals surface area contributed by atoms with Crippen LogP contribution in [0.1, 0.15) is 35.4 Å². The van der Waals surface area contributed by atoms with Crippen molar-refractivity contribution in [1.29, 1.82) is 0 Å². The lowest BCUT2D eigenvalue weighted by molar-refractivity contribution is 0.385. The minimum atomic E-state index is 0.250. The van der Waals surface area contributed by atoms with E-state index in [0.717, 1.165) is 24.1 Å². The molecule has 1 aliphatic carbocycles. The largest absolute Gasteiger partial charge is 0.508 e. The van der Waals surface area contributed by atoms with E-state index in [1.54, 1.807) is 12.1 Å². The van der Waals surface area contributed by atoms with Crippen molar-refractivity contribution >= 4 is 0 Å². The van der Waals surface area contributed by atoms with E-state index in [0.29, 0.717) is 18.1 Å². The topological polar surface area (TPSA) is 72.0 Å². The first kappa shape index (κ1) is 13.9. The summed E-state index contributed by atoms with van der Waals surface area (Å²) in [5, 5.41) is 13.4. The van der Waals surface area contributed by atoms with Gasteiger partial charge in [0.15, 0.2) is 0 Å². The number of hydrogen-bond donors (Lipinski definition) is 1. The maximum absolute atomic E-state index is 9.33. The summed E-state index contributed by atoms with van der Waals surface area (Å²) < 4.78 is 5.38. The second-order valence-corrected chi connectivity index (χ2v) is 5.86. The van der Waals surface area contributed by atoms with Crippen LogP contribution in [0.3, 0.4) is 0 Å². The van der Waals surface area contributed by atoms with Crippen molar-refractivity contribution in [2.24, 2.45) is 0 Å². The van der Waals surface area contributed by atoms with Gasteiger partial charge < -0.3 is 9.63 Å². The van der Waals surface area contributed by atoms with E-state index >= 15 is 0 Å². The Hall–Kier alpha value is -2.69. The van der Waals surface area contributed by atoms with Crippen LogP contribution in [0.25, 0.3) is 11.5 Å². The van der Waals surface area contributed by atoms with Gasteiger partial charge in [-0.2, -0.15) is 4.98 Å². The highest BCUT2D eigenvalue weighted by Gasteiger charge is 2.19. The van der Waals surface area contributed by atoms with E-state index in [1.807, 2.05) is 18.3 Å². The van der Waals surface area contributed by atoms with E-state index in [1.165, 1.54) is 24.0 Å². The standard InChI is InChI=1S/C18H17N3O2/c22-14-7-5-12(6-8-14)11-16-20-18(21-23-16)17-15-4-2-1-3-13(15)9-10-19-17/h5-10,22H,1-4,11H2. The average molecular weight is 307 g/mol. The molecule has 1 aromatic carbocycles. The van der Waals surface area contributed by atoms with Gasteiger partial charge in [0.25, 0.3) is 0 Å². The fraction of sp³-hybridized carbons (Fsp3) is 0.278. The van der Waals surface area contributed by atoms with E-state index in [4.69, 9.17) is 4.52 Å². The lowest BCUT2D eigenvalue weighted by Gasteiger charge is -2.16. The minimum absolute atomic E-state index is 0.250. The summed E-state index contributed by atoms with van der Waals surface area (Å²) >= 11 is 0. The summed E-state index contributed by atoms with van der Waals surface area (Å²) in [5.41, 5.74) is 4.48. The Morgan fingerprint density at radius 1 is 1.04 bits per heavy atom. The van der Waals surface area contributed by atoms with Crippen LogP contribution in [-0.2, 0) is 19.3 Å². The number of benzene rings is 1. The van der Waals surface area contributed by atoms with Gasteiger partial charge in [-0.25, -0.2) is 0 Å². The number of pyridine rings is 1. The fourth-order valence-corrected chi connectivity index (χ4v) is 3.07. The second kappa shape index (κ2) is 5.83. The Bertz CT molecular complexity index is 825. The number of rotatable bonds is 3. The van der Waals surface area contributed by atoms with Gasteiger partial charge in [-0.3, -0.25) is 4.98 Å². The minimum Gasteiger partial charge on any atom is -0.508 e. The number of aromatic hydroxyl groups is 1. The van der Waals surface area contributed by atoms with Gasteiger partial charge >= 0.3 is 0 Å². The van der Waals surface area contributed by atoms with Gasteiger partial charge in [0.05, 0.1) is 6.42 Å². The van der Waals surface area contributed by atoms with Crippen molar-refractivity contribution in [1.82, 2.24) is 15.1 Å². The molecule has 5 nitrogen and oxygen atoms in total. The number of aryl methyl sites for hydroxylation is 1. The van der Waals surface area contributed by atoms with Gasteiger partial charge in [0.1, 0.15) is 11.4 Å². The smallest absolute Gasteiger partial charge is 0.231 e. The molecule has 0 fully saturated rings. The first-order valence-corrected chi connectivity index (χ1v) is 7.87. The summed E-state index contributed by atoms with van der Waals surface area (Å²) in [6, 6.07) is 9.10. The lowest BCUT2D eigenvalue weighted by atomic mass is 9.91. The summed E-state index contributed by atoms with van der Waals surface area (Å²) in [6.45, 7) is 0. The zero-order valence-electron chi connectivity index (χ0n) is 12.7. The fourth-order valence-electron chi connectivity index (χ4n) is 3.07. The first-order chi connectivity index (χ1) is 11.3. The molecule has 0 saturated heterocycles. The second-order valence-electron chi connectivity index (χ2n) is 5.86. The third kappa shape index (κ3) is 2.82. The molecule has 4 rings (SSSR count). The van der Waals surface area contributed by atoms with Crippen molar-refractivity contribution in [3.63, 3.8) is 0 Å². The molecule has 3 aromatic rings. The highest BCUT2D eigenvalue weighted by atomic mass is 16.5.